The molecule has 1 unspecified atom stereocenters. The van der Waals surface area contributed by atoms with Crippen molar-refractivity contribution in [3.05, 3.63) is 30.0 Å². The van der Waals surface area contributed by atoms with Crippen LogP contribution in [0.2, 0.25) is 0 Å². The van der Waals surface area contributed by atoms with E-state index in [-0.39, 0.29) is 12.7 Å². The lowest BCUT2D eigenvalue weighted by Crippen LogP contribution is -2.48. The Hall–Kier alpha value is -1.92. The molecule has 2 aromatic rings. The normalized spacial score (nSPS) is 21.4. The van der Waals surface area contributed by atoms with Crippen LogP contribution in [0.5, 0.6) is 0 Å². The van der Waals surface area contributed by atoms with Crippen molar-refractivity contribution >= 4 is 5.69 Å². The number of ether oxygens (including phenoxy) is 1. The fourth-order valence-electron chi connectivity index (χ4n) is 3.70. The predicted octanol–water partition coefficient (Wildman–Crippen LogP) is 2.25. The quantitative estimate of drug-likeness (QED) is 0.903. The van der Waals surface area contributed by atoms with Gasteiger partial charge in [-0.1, -0.05) is 11.3 Å². The van der Waals surface area contributed by atoms with Crippen molar-refractivity contribution in [2.75, 3.05) is 31.2 Å². The second-order valence-corrected chi connectivity index (χ2v) is 7.27. The summed E-state index contributed by atoms with van der Waals surface area (Å²) < 4.78 is 7.69. The summed E-state index contributed by atoms with van der Waals surface area (Å²) in [4.78, 5) is 2.30. The highest BCUT2D eigenvalue weighted by atomic mass is 16.5. The molecule has 0 radical (unpaired) electrons. The Kier molecular flexibility index (Phi) is 4.72. The van der Waals surface area contributed by atoms with E-state index in [0.29, 0.717) is 5.92 Å². The predicted molar refractivity (Wildman–Crippen MR) is 96.6 cm³/mol. The zero-order valence-electron chi connectivity index (χ0n) is 14.8. The molecule has 1 aromatic heterocycles. The van der Waals surface area contributed by atoms with E-state index in [1.807, 2.05) is 10.9 Å². The number of hydrogen-bond acceptors (Lipinski definition) is 5. The van der Waals surface area contributed by atoms with E-state index < -0.39 is 0 Å². The largest absolute Gasteiger partial charge is 0.396 e. The summed E-state index contributed by atoms with van der Waals surface area (Å²) in [6.45, 7) is 5.91. The zero-order valence-corrected chi connectivity index (χ0v) is 14.8. The average Bonchev–Trinajstić information content (AvgIpc) is 3.03. The molecule has 1 N–H and O–H groups in total. The van der Waals surface area contributed by atoms with Gasteiger partial charge in [0.25, 0.3) is 0 Å². The van der Waals surface area contributed by atoms with Gasteiger partial charge in [0.2, 0.25) is 0 Å². The van der Waals surface area contributed by atoms with E-state index >= 15 is 0 Å². The molecule has 2 saturated heterocycles. The Bertz CT molecular complexity index is 718. The summed E-state index contributed by atoms with van der Waals surface area (Å²) in [5.74, 6) is 0.418. The molecule has 2 aliphatic rings. The molecule has 0 amide bonds. The number of benzene rings is 1. The Morgan fingerprint density at radius 3 is 2.88 bits per heavy atom. The number of hydrogen-bond donors (Lipinski definition) is 1. The molecule has 0 bridgehead atoms. The minimum absolute atomic E-state index is 0.262. The number of anilines is 1. The minimum atomic E-state index is 0.262. The van der Waals surface area contributed by atoms with Crippen LogP contribution in [0.25, 0.3) is 11.3 Å². The number of aliphatic hydroxyl groups excluding tert-OH is 1. The molecular formula is C19H26N4O2. The van der Waals surface area contributed by atoms with Crippen LogP contribution >= 0.6 is 0 Å². The van der Waals surface area contributed by atoms with E-state index in [2.05, 4.69) is 40.3 Å². The third kappa shape index (κ3) is 3.55. The number of aliphatic hydroxyl groups is 1. The molecule has 0 saturated carbocycles. The zero-order chi connectivity index (χ0) is 17.2. The van der Waals surface area contributed by atoms with Crippen molar-refractivity contribution in [1.82, 2.24) is 15.0 Å². The van der Waals surface area contributed by atoms with Crippen LogP contribution in [-0.4, -0.2) is 52.5 Å². The molecule has 0 aliphatic carbocycles. The highest BCUT2D eigenvalue weighted by Crippen LogP contribution is 2.30. The lowest BCUT2D eigenvalue weighted by molar-refractivity contribution is 0.00370. The van der Waals surface area contributed by atoms with Gasteiger partial charge in [0.1, 0.15) is 5.69 Å². The summed E-state index contributed by atoms with van der Waals surface area (Å²) in [5, 5.41) is 17.8. The van der Waals surface area contributed by atoms with E-state index in [1.165, 1.54) is 24.1 Å². The van der Waals surface area contributed by atoms with Gasteiger partial charge in [-0.25, -0.2) is 4.68 Å². The summed E-state index contributed by atoms with van der Waals surface area (Å²) >= 11 is 0. The molecule has 6 heteroatoms. The fourth-order valence-corrected chi connectivity index (χ4v) is 3.70. The molecule has 2 fully saturated rings. The maximum atomic E-state index is 9.16. The van der Waals surface area contributed by atoms with Crippen LogP contribution in [0.1, 0.15) is 24.8 Å². The first-order valence-corrected chi connectivity index (χ1v) is 9.21. The summed E-state index contributed by atoms with van der Waals surface area (Å²) in [7, 11) is 0. The molecule has 1 aromatic carbocycles. The first-order chi connectivity index (χ1) is 12.2. The van der Waals surface area contributed by atoms with Crippen molar-refractivity contribution in [3.63, 3.8) is 0 Å². The average molecular weight is 342 g/mol. The monoisotopic (exact) mass is 342 g/mol. The van der Waals surface area contributed by atoms with E-state index in [1.54, 1.807) is 0 Å². The molecule has 6 nitrogen and oxygen atoms in total. The van der Waals surface area contributed by atoms with E-state index in [9.17, 15) is 0 Å². The van der Waals surface area contributed by atoms with Gasteiger partial charge in [-0.05, 0) is 43.9 Å². The summed E-state index contributed by atoms with van der Waals surface area (Å²) in [6.07, 6.45) is 5.79. The molecule has 1 atom stereocenters. The van der Waals surface area contributed by atoms with Gasteiger partial charge in [0.15, 0.2) is 0 Å². The lowest BCUT2D eigenvalue weighted by atomic mass is 9.98. The molecule has 2 aliphatic heterocycles. The van der Waals surface area contributed by atoms with Crippen molar-refractivity contribution in [2.24, 2.45) is 5.92 Å². The Morgan fingerprint density at radius 2 is 2.16 bits per heavy atom. The van der Waals surface area contributed by atoms with Gasteiger partial charge in [-0.3, -0.25) is 0 Å². The second kappa shape index (κ2) is 7.14. The summed E-state index contributed by atoms with van der Waals surface area (Å²) in [5.41, 5.74) is 4.45. The van der Waals surface area contributed by atoms with E-state index in [4.69, 9.17) is 9.84 Å². The first-order valence-electron chi connectivity index (χ1n) is 9.21. The third-order valence-electron chi connectivity index (χ3n) is 5.27. The van der Waals surface area contributed by atoms with Gasteiger partial charge in [-0.2, -0.15) is 0 Å². The maximum Gasteiger partial charge on any atom is 0.113 e. The minimum Gasteiger partial charge on any atom is -0.396 e. The van der Waals surface area contributed by atoms with Crippen molar-refractivity contribution < 1.29 is 9.84 Å². The van der Waals surface area contributed by atoms with Crippen molar-refractivity contribution in [3.8, 4) is 11.3 Å². The van der Waals surface area contributed by atoms with Gasteiger partial charge in [0.05, 0.1) is 18.8 Å². The molecule has 0 spiro atoms. The highest BCUT2D eigenvalue weighted by Gasteiger charge is 2.26. The van der Waals surface area contributed by atoms with Crippen LogP contribution in [0.4, 0.5) is 5.69 Å². The van der Waals surface area contributed by atoms with Gasteiger partial charge in [-0.15, -0.1) is 5.10 Å². The molecule has 4 rings (SSSR count). The van der Waals surface area contributed by atoms with Gasteiger partial charge in [0, 0.05) is 43.5 Å². The Balaban J connectivity index is 1.44. The van der Waals surface area contributed by atoms with Crippen LogP contribution in [0.3, 0.4) is 0 Å². The van der Waals surface area contributed by atoms with Crippen LogP contribution < -0.4 is 4.90 Å². The van der Waals surface area contributed by atoms with E-state index in [0.717, 1.165) is 43.9 Å². The number of rotatable bonds is 5. The molecule has 3 heterocycles. The van der Waals surface area contributed by atoms with Crippen LogP contribution in [0, 0.1) is 12.8 Å². The SMILES string of the molecule is Cc1cc(N2CC(CO)C2)ccc1-c1cn(CC2CCCCO2)nn1. The van der Waals surface area contributed by atoms with Crippen molar-refractivity contribution in [2.45, 2.75) is 38.8 Å². The standard InChI is InChI=1S/C19H26N4O2/c1-14-8-16(22-9-15(10-22)13-24)5-6-18(14)19-12-23(21-20-19)11-17-4-2-3-7-25-17/h5-6,8,12,15,17,24H,2-4,7,9-11,13H2,1H3. The van der Waals surface area contributed by atoms with Gasteiger partial charge < -0.3 is 14.7 Å². The van der Waals surface area contributed by atoms with Crippen molar-refractivity contribution in [1.29, 1.82) is 0 Å². The molecule has 134 valence electrons. The Labute approximate surface area is 148 Å². The molecular weight excluding hydrogens is 316 g/mol. The number of aromatic nitrogens is 3. The third-order valence-corrected chi connectivity index (χ3v) is 5.27. The second-order valence-electron chi connectivity index (χ2n) is 7.27. The lowest BCUT2D eigenvalue weighted by Gasteiger charge is -2.40. The van der Waals surface area contributed by atoms with Crippen LogP contribution in [0.15, 0.2) is 24.4 Å². The first kappa shape index (κ1) is 16.5. The fraction of sp³-hybridized carbons (Fsp3) is 0.579. The number of nitrogens with zero attached hydrogens (tertiary/aromatic N) is 4. The highest BCUT2D eigenvalue weighted by molar-refractivity contribution is 5.67. The number of aryl methyl sites for hydroxylation is 1. The Morgan fingerprint density at radius 1 is 1.28 bits per heavy atom. The van der Waals surface area contributed by atoms with Gasteiger partial charge >= 0.3 is 0 Å². The summed E-state index contributed by atoms with van der Waals surface area (Å²) in [6, 6.07) is 6.47. The molecule has 25 heavy (non-hydrogen) atoms. The topological polar surface area (TPSA) is 63.4 Å². The smallest absolute Gasteiger partial charge is 0.113 e. The van der Waals surface area contributed by atoms with Crippen LogP contribution in [-0.2, 0) is 11.3 Å². The maximum absolute atomic E-state index is 9.16.